The number of nitrogens with zero attached hydrogens (tertiary/aromatic N) is 2. The van der Waals surface area contributed by atoms with Crippen LogP contribution in [0.5, 0.6) is 0 Å². The molecule has 0 saturated carbocycles. The second-order valence-corrected chi connectivity index (χ2v) is 7.94. The van der Waals surface area contributed by atoms with Crippen LogP contribution < -0.4 is 5.32 Å². The van der Waals surface area contributed by atoms with Crippen molar-refractivity contribution >= 4 is 21.7 Å². The van der Waals surface area contributed by atoms with Gasteiger partial charge >= 0.3 is 0 Å². The van der Waals surface area contributed by atoms with Crippen molar-refractivity contribution in [1.29, 1.82) is 0 Å². The lowest BCUT2D eigenvalue weighted by Crippen LogP contribution is -2.46. The molecule has 1 aliphatic heterocycles. The fourth-order valence-electron chi connectivity index (χ4n) is 2.35. The van der Waals surface area contributed by atoms with E-state index in [0.717, 1.165) is 13.0 Å². The molecule has 1 N–H and O–H groups in total. The molecule has 1 atom stereocenters. The fraction of sp³-hybridized carbons (Fsp3) is 0.846. The third-order valence-corrected chi connectivity index (χ3v) is 5.22. The Balaban J connectivity index is 2.44. The van der Waals surface area contributed by atoms with Gasteiger partial charge in [0, 0.05) is 19.5 Å². The Morgan fingerprint density at radius 2 is 1.95 bits per heavy atom. The Morgan fingerprint density at radius 3 is 2.43 bits per heavy atom. The zero-order valence-electron chi connectivity index (χ0n) is 13.0. The molecule has 0 radical (unpaired) electrons. The predicted octanol–water partition coefficient (Wildman–Crippen LogP) is -0.910. The number of rotatable bonds is 7. The Bertz CT molecular complexity index is 476. The molecule has 1 saturated heterocycles. The van der Waals surface area contributed by atoms with Gasteiger partial charge in [-0.25, -0.2) is 8.42 Å². The van der Waals surface area contributed by atoms with Crippen molar-refractivity contribution in [2.24, 2.45) is 0 Å². The molecule has 1 heterocycles. The molecule has 1 unspecified atom stereocenters. The van der Waals surface area contributed by atoms with Crippen LogP contribution in [0.15, 0.2) is 0 Å². The highest BCUT2D eigenvalue weighted by molar-refractivity contribution is 7.91. The Morgan fingerprint density at radius 1 is 1.29 bits per heavy atom. The second-order valence-electron chi connectivity index (χ2n) is 5.71. The van der Waals surface area contributed by atoms with Crippen LogP contribution in [0.25, 0.3) is 0 Å². The van der Waals surface area contributed by atoms with E-state index in [9.17, 15) is 18.0 Å². The highest BCUT2D eigenvalue weighted by Gasteiger charge is 2.34. The van der Waals surface area contributed by atoms with Gasteiger partial charge in [-0.2, -0.15) is 0 Å². The summed E-state index contributed by atoms with van der Waals surface area (Å²) in [4.78, 5) is 26.9. The molecular formula is C13H25N3O4S. The van der Waals surface area contributed by atoms with E-state index in [4.69, 9.17) is 0 Å². The third kappa shape index (κ3) is 6.43. The van der Waals surface area contributed by atoms with Crippen molar-refractivity contribution in [2.75, 3.05) is 45.2 Å². The minimum absolute atomic E-state index is 0.0412. The van der Waals surface area contributed by atoms with Gasteiger partial charge in [-0.05, 0) is 33.5 Å². The molecule has 0 aromatic carbocycles. The standard InChI is InChI=1S/C13H25N3O4S/c1-11(17)16(12-5-8-21(19,20)10-12)9-13(18)14-6-4-7-15(2)3/h12H,4-10H2,1-3H3,(H,14,18). The smallest absolute Gasteiger partial charge is 0.239 e. The average molecular weight is 319 g/mol. The van der Waals surface area contributed by atoms with Crippen LogP contribution in [-0.2, 0) is 19.4 Å². The normalized spacial score (nSPS) is 20.5. The van der Waals surface area contributed by atoms with E-state index in [1.165, 1.54) is 11.8 Å². The number of hydrogen-bond donors (Lipinski definition) is 1. The van der Waals surface area contributed by atoms with Crippen molar-refractivity contribution in [2.45, 2.75) is 25.8 Å². The average Bonchev–Trinajstić information content (AvgIpc) is 2.71. The van der Waals surface area contributed by atoms with Crippen LogP contribution in [0, 0.1) is 0 Å². The molecule has 1 aliphatic rings. The minimum Gasteiger partial charge on any atom is -0.355 e. The van der Waals surface area contributed by atoms with Gasteiger partial charge < -0.3 is 15.1 Å². The van der Waals surface area contributed by atoms with E-state index < -0.39 is 9.84 Å². The Hall–Kier alpha value is -1.15. The number of amides is 2. The quantitative estimate of drug-likeness (QED) is 0.614. The molecule has 7 nitrogen and oxygen atoms in total. The van der Waals surface area contributed by atoms with E-state index >= 15 is 0 Å². The van der Waals surface area contributed by atoms with E-state index in [0.29, 0.717) is 13.0 Å². The molecule has 1 fully saturated rings. The first kappa shape index (κ1) is 17.9. The van der Waals surface area contributed by atoms with Gasteiger partial charge in [0.05, 0.1) is 18.1 Å². The first-order chi connectivity index (χ1) is 9.71. The van der Waals surface area contributed by atoms with E-state index in [1.54, 1.807) is 0 Å². The van der Waals surface area contributed by atoms with E-state index in [-0.39, 0.29) is 35.9 Å². The second kappa shape index (κ2) is 7.74. The van der Waals surface area contributed by atoms with E-state index in [1.807, 2.05) is 19.0 Å². The van der Waals surface area contributed by atoms with Crippen LogP contribution in [0.1, 0.15) is 19.8 Å². The Labute approximate surface area is 126 Å². The van der Waals surface area contributed by atoms with Crippen LogP contribution in [-0.4, -0.2) is 81.3 Å². The minimum atomic E-state index is -3.07. The molecule has 0 spiro atoms. The first-order valence-corrected chi connectivity index (χ1v) is 8.92. The molecular weight excluding hydrogens is 294 g/mol. The molecule has 8 heteroatoms. The molecule has 0 aromatic rings. The molecule has 0 aliphatic carbocycles. The highest BCUT2D eigenvalue weighted by atomic mass is 32.2. The lowest BCUT2D eigenvalue weighted by atomic mass is 10.2. The maximum Gasteiger partial charge on any atom is 0.239 e. The zero-order chi connectivity index (χ0) is 16.0. The molecule has 0 bridgehead atoms. The molecule has 0 aromatic heterocycles. The number of sulfone groups is 1. The summed E-state index contributed by atoms with van der Waals surface area (Å²) in [6.07, 6.45) is 1.24. The predicted molar refractivity (Wildman–Crippen MR) is 80.6 cm³/mol. The highest BCUT2D eigenvalue weighted by Crippen LogP contribution is 2.17. The van der Waals surface area contributed by atoms with E-state index in [2.05, 4.69) is 5.32 Å². The van der Waals surface area contributed by atoms with Gasteiger partial charge in [-0.1, -0.05) is 0 Å². The van der Waals surface area contributed by atoms with Crippen LogP contribution in [0.2, 0.25) is 0 Å². The van der Waals surface area contributed by atoms with Crippen molar-refractivity contribution in [3.63, 3.8) is 0 Å². The van der Waals surface area contributed by atoms with Gasteiger partial charge in [0.15, 0.2) is 9.84 Å². The van der Waals surface area contributed by atoms with Gasteiger partial charge in [0.2, 0.25) is 11.8 Å². The molecule has 122 valence electrons. The number of carbonyl (C=O) groups excluding carboxylic acids is 2. The summed E-state index contributed by atoms with van der Waals surface area (Å²) in [5, 5.41) is 2.76. The summed E-state index contributed by atoms with van der Waals surface area (Å²) in [6.45, 7) is 2.71. The Kier molecular flexibility index (Phi) is 6.60. The van der Waals surface area contributed by atoms with Gasteiger partial charge in [0.1, 0.15) is 0 Å². The van der Waals surface area contributed by atoms with Crippen molar-refractivity contribution < 1.29 is 18.0 Å². The van der Waals surface area contributed by atoms with Gasteiger partial charge in [0.25, 0.3) is 0 Å². The lowest BCUT2D eigenvalue weighted by molar-refractivity contribution is -0.136. The number of nitrogens with one attached hydrogen (secondary N) is 1. The van der Waals surface area contributed by atoms with Gasteiger partial charge in [-0.3, -0.25) is 9.59 Å². The summed E-state index contributed by atoms with van der Waals surface area (Å²) < 4.78 is 23.0. The van der Waals surface area contributed by atoms with Crippen molar-refractivity contribution in [3.8, 4) is 0 Å². The maximum atomic E-state index is 11.9. The summed E-state index contributed by atoms with van der Waals surface area (Å²) >= 11 is 0. The summed E-state index contributed by atoms with van der Waals surface area (Å²) in [5.74, 6) is -0.458. The topological polar surface area (TPSA) is 86.8 Å². The fourth-order valence-corrected chi connectivity index (χ4v) is 4.08. The summed E-state index contributed by atoms with van der Waals surface area (Å²) in [7, 11) is 0.845. The number of hydrogen-bond acceptors (Lipinski definition) is 5. The molecule has 1 rings (SSSR count). The van der Waals surface area contributed by atoms with Crippen molar-refractivity contribution in [3.05, 3.63) is 0 Å². The SMILES string of the molecule is CC(=O)N(CC(=O)NCCCN(C)C)C1CCS(=O)(=O)C1. The third-order valence-electron chi connectivity index (χ3n) is 3.47. The van der Waals surface area contributed by atoms with Crippen LogP contribution >= 0.6 is 0 Å². The monoisotopic (exact) mass is 319 g/mol. The summed E-state index contributed by atoms with van der Waals surface area (Å²) in [6, 6.07) is -0.375. The molecule has 2 amide bonds. The van der Waals surface area contributed by atoms with Crippen molar-refractivity contribution in [1.82, 2.24) is 15.1 Å². The number of carbonyl (C=O) groups is 2. The van der Waals surface area contributed by atoms with Gasteiger partial charge in [-0.15, -0.1) is 0 Å². The summed E-state index contributed by atoms with van der Waals surface area (Å²) in [5.41, 5.74) is 0. The zero-order valence-corrected chi connectivity index (χ0v) is 13.8. The maximum absolute atomic E-state index is 11.9. The largest absolute Gasteiger partial charge is 0.355 e. The first-order valence-electron chi connectivity index (χ1n) is 7.10. The van der Waals surface area contributed by atoms with Crippen LogP contribution in [0.3, 0.4) is 0 Å². The van der Waals surface area contributed by atoms with Crippen LogP contribution in [0.4, 0.5) is 0 Å². The molecule has 21 heavy (non-hydrogen) atoms. The lowest BCUT2D eigenvalue weighted by Gasteiger charge is -2.26.